The highest BCUT2D eigenvalue weighted by molar-refractivity contribution is 5.94. The molecule has 3 N–H and O–H groups in total. The fourth-order valence-electron chi connectivity index (χ4n) is 3.39. The summed E-state index contributed by atoms with van der Waals surface area (Å²) in [5.74, 6) is 0.473. The van der Waals surface area contributed by atoms with E-state index in [0.29, 0.717) is 24.6 Å². The van der Waals surface area contributed by atoms with E-state index in [9.17, 15) is 9.18 Å². The van der Waals surface area contributed by atoms with E-state index in [1.54, 1.807) is 26.2 Å². The first-order valence-corrected chi connectivity index (χ1v) is 9.58. The van der Waals surface area contributed by atoms with Crippen molar-refractivity contribution in [2.75, 3.05) is 27.2 Å². The highest BCUT2D eigenvalue weighted by atomic mass is 19.1. The quantitative estimate of drug-likeness (QED) is 0.509. The Morgan fingerprint density at radius 1 is 1.14 bits per heavy atom. The van der Waals surface area contributed by atoms with E-state index in [2.05, 4.69) is 20.9 Å². The van der Waals surface area contributed by atoms with E-state index >= 15 is 0 Å². The Kier molecular flexibility index (Phi) is 6.29. The van der Waals surface area contributed by atoms with Crippen LogP contribution in [0.1, 0.15) is 34.3 Å². The topological polar surface area (TPSA) is 65.5 Å². The lowest BCUT2D eigenvalue weighted by Crippen LogP contribution is -2.42. The molecule has 0 heterocycles. The summed E-state index contributed by atoms with van der Waals surface area (Å²) in [4.78, 5) is 16.0. The summed E-state index contributed by atoms with van der Waals surface area (Å²) in [6.07, 6.45) is 2.72. The predicted molar refractivity (Wildman–Crippen MR) is 110 cm³/mol. The zero-order valence-corrected chi connectivity index (χ0v) is 16.4. The average molecular weight is 382 g/mol. The molecule has 1 aliphatic rings. The van der Waals surface area contributed by atoms with Crippen LogP contribution in [0.5, 0.6) is 0 Å². The number of halogens is 1. The van der Waals surface area contributed by atoms with Gasteiger partial charge < -0.3 is 16.0 Å². The van der Waals surface area contributed by atoms with Crippen molar-refractivity contribution < 1.29 is 9.18 Å². The Morgan fingerprint density at radius 3 is 2.61 bits per heavy atom. The maximum absolute atomic E-state index is 14.1. The van der Waals surface area contributed by atoms with Crippen LogP contribution in [0.4, 0.5) is 4.39 Å². The molecule has 0 radical (unpaired) electrons. The summed E-state index contributed by atoms with van der Waals surface area (Å²) in [5.41, 5.74) is 2.38. The molecule has 0 spiro atoms. The Balaban J connectivity index is 1.51. The zero-order chi connectivity index (χ0) is 20.0. The van der Waals surface area contributed by atoms with Gasteiger partial charge in [-0.3, -0.25) is 9.79 Å². The SMILES string of the molecule is CN=C(NCCc1cccc(C(=O)NC)c1)NCC1(c2ccccc2F)CC1. The molecular formula is C22H27FN4O. The number of rotatable bonds is 7. The molecule has 1 saturated carbocycles. The van der Waals surface area contributed by atoms with Crippen LogP contribution in [0, 0.1) is 5.82 Å². The third-order valence-electron chi connectivity index (χ3n) is 5.24. The summed E-state index contributed by atoms with van der Waals surface area (Å²) < 4.78 is 14.1. The van der Waals surface area contributed by atoms with E-state index in [1.807, 2.05) is 30.3 Å². The van der Waals surface area contributed by atoms with E-state index in [1.165, 1.54) is 6.07 Å². The lowest BCUT2D eigenvalue weighted by Gasteiger charge is -2.19. The van der Waals surface area contributed by atoms with Crippen molar-refractivity contribution in [2.45, 2.75) is 24.7 Å². The molecule has 0 aromatic heterocycles. The Morgan fingerprint density at radius 2 is 1.93 bits per heavy atom. The molecule has 2 aromatic rings. The van der Waals surface area contributed by atoms with Gasteiger partial charge in [0.05, 0.1) is 0 Å². The monoisotopic (exact) mass is 382 g/mol. The number of benzene rings is 2. The van der Waals surface area contributed by atoms with Gasteiger partial charge >= 0.3 is 0 Å². The second-order valence-electron chi connectivity index (χ2n) is 7.14. The van der Waals surface area contributed by atoms with Crippen LogP contribution < -0.4 is 16.0 Å². The minimum Gasteiger partial charge on any atom is -0.356 e. The Bertz CT molecular complexity index is 861. The third kappa shape index (κ3) is 4.68. The molecule has 0 atom stereocenters. The minimum atomic E-state index is -0.138. The van der Waals surface area contributed by atoms with Crippen molar-refractivity contribution in [3.05, 3.63) is 71.0 Å². The number of guanidine groups is 1. The van der Waals surface area contributed by atoms with Gasteiger partial charge in [0.2, 0.25) is 0 Å². The van der Waals surface area contributed by atoms with Gasteiger partial charge in [-0.25, -0.2) is 4.39 Å². The van der Waals surface area contributed by atoms with E-state index < -0.39 is 0 Å². The van der Waals surface area contributed by atoms with Gasteiger partial charge in [-0.2, -0.15) is 0 Å². The van der Waals surface area contributed by atoms with Crippen LogP contribution in [-0.2, 0) is 11.8 Å². The number of carbonyl (C=O) groups excluding carboxylic acids is 1. The largest absolute Gasteiger partial charge is 0.356 e. The molecule has 1 fully saturated rings. The second kappa shape index (κ2) is 8.87. The number of amides is 1. The molecule has 6 heteroatoms. The highest BCUT2D eigenvalue weighted by Crippen LogP contribution is 2.48. The normalized spacial score (nSPS) is 15.0. The standard InChI is InChI=1S/C22H27FN4O/c1-24-20(28)17-7-5-6-16(14-17)10-13-26-21(25-2)27-15-22(11-12-22)18-8-3-4-9-19(18)23/h3-9,14H,10-13,15H2,1-2H3,(H,24,28)(H2,25,26,27). The van der Waals surface area contributed by atoms with Gasteiger partial charge in [-0.1, -0.05) is 30.3 Å². The molecule has 1 aliphatic carbocycles. The van der Waals surface area contributed by atoms with Crippen LogP contribution in [0.25, 0.3) is 0 Å². The van der Waals surface area contributed by atoms with Crippen molar-refractivity contribution in [2.24, 2.45) is 4.99 Å². The molecule has 0 unspecified atom stereocenters. The molecule has 0 bridgehead atoms. The lowest BCUT2D eigenvalue weighted by molar-refractivity contribution is 0.0963. The second-order valence-corrected chi connectivity index (χ2v) is 7.14. The van der Waals surface area contributed by atoms with Gasteiger partial charge in [-0.05, 0) is 48.6 Å². The Hall–Kier alpha value is -2.89. The van der Waals surface area contributed by atoms with Gasteiger partial charge in [0.25, 0.3) is 5.91 Å². The fraction of sp³-hybridized carbons (Fsp3) is 0.364. The van der Waals surface area contributed by atoms with Gasteiger partial charge in [0, 0.05) is 38.2 Å². The maximum Gasteiger partial charge on any atom is 0.251 e. The van der Waals surface area contributed by atoms with Crippen LogP contribution >= 0.6 is 0 Å². The summed E-state index contributed by atoms with van der Waals surface area (Å²) in [6, 6.07) is 14.6. The van der Waals surface area contributed by atoms with E-state index in [0.717, 1.165) is 30.4 Å². The number of aliphatic imine (C=N–C) groups is 1. The first-order valence-electron chi connectivity index (χ1n) is 9.58. The third-order valence-corrected chi connectivity index (χ3v) is 5.24. The van der Waals surface area contributed by atoms with Crippen molar-refractivity contribution in [1.29, 1.82) is 0 Å². The molecule has 148 valence electrons. The molecule has 1 amide bonds. The lowest BCUT2D eigenvalue weighted by atomic mass is 9.95. The molecule has 0 saturated heterocycles. The maximum atomic E-state index is 14.1. The van der Waals surface area contributed by atoms with Crippen LogP contribution in [0.3, 0.4) is 0 Å². The van der Waals surface area contributed by atoms with E-state index in [-0.39, 0.29) is 17.1 Å². The predicted octanol–water partition coefficient (Wildman–Crippen LogP) is 2.62. The van der Waals surface area contributed by atoms with E-state index in [4.69, 9.17) is 0 Å². The minimum absolute atomic E-state index is 0.0878. The zero-order valence-electron chi connectivity index (χ0n) is 16.4. The molecule has 28 heavy (non-hydrogen) atoms. The molecule has 3 rings (SSSR count). The Labute approximate surface area is 165 Å². The molecule has 2 aromatic carbocycles. The smallest absolute Gasteiger partial charge is 0.251 e. The van der Waals surface area contributed by atoms with Crippen LogP contribution in [-0.4, -0.2) is 39.1 Å². The molecular weight excluding hydrogens is 355 g/mol. The highest BCUT2D eigenvalue weighted by Gasteiger charge is 2.45. The van der Waals surface area contributed by atoms with Gasteiger partial charge in [0.1, 0.15) is 5.82 Å². The first-order chi connectivity index (χ1) is 13.6. The number of nitrogens with zero attached hydrogens (tertiary/aromatic N) is 1. The van der Waals surface area contributed by atoms with Crippen molar-refractivity contribution in [3.63, 3.8) is 0 Å². The number of hydrogen-bond acceptors (Lipinski definition) is 2. The van der Waals surface area contributed by atoms with Crippen molar-refractivity contribution in [3.8, 4) is 0 Å². The summed E-state index contributed by atoms with van der Waals surface area (Å²) in [6.45, 7) is 1.34. The number of nitrogens with one attached hydrogen (secondary N) is 3. The van der Waals surface area contributed by atoms with Crippen molar-refractivity contribution >= 4 is 11.9 Å². The van der Waals surface area contributed by atoms with Gasteiger partial charge in [-0.15, -0.1) is 0 Å². The molecule has 0 aliphatic heterocycles. The number of carbonyl (C=O) groups is 1. The average Bonchev–Trinajstić information content (AvgIpc) is 3.51. The summed E-state index contributed by atoms with van der Waals surface area (Å²) in [7, 11) is 3.35. The number of hydrogen-bond donors (Lipinski definition) is 3. The molecule has 5 nitrogen and oxygen atoms in total. The summed E-state index contributed by atoms with van der Waals surface area (Å²) >= 11 is 0. The fourth-order valence-corrected chi connectivity index (χ4v) is 3.39. The van der Waals surface area contributed by atoms with Crippen molar-refractivity contribution in [1.82, 2.24) is 16.0 Å². The summed E-state index contributed by atoms with van der Waals surface area (Å²) in [5, 5.41) is 9.26. The van der Waals surface area contributed by atoms with Crippen LogP contribution in [0.15, 0.2) is 53.5 Å². The van der Waals surface area contributed by atoms with Gasteiger partial charge in [0.15, 0.2) is 5.96 Å². The van der Waals surface area contributed by atoms with Crippen LogP contribution in [0.2, 0.25) is 0 Å². The first kappa shape index (κ1) is 19.9.